The Morgan fingerprint density at radius 3 is 2.75 bits per heavy atom. The molecule has 0 aliphatic rings. The molecule has 0 aromatic carbocycles. The van der Waals surface area contributed by atoms with E-state index in [9.17, 15) is 4.79 Å². The molecule has 12 heavy (non-hydrogen) atoms. The number of carbonyl (C=O) groups excluding carboxylic acids is 1. The standard InChI is InChI=1S/C7H15NO2S2/c1-10-7(9)6(8)5-12-4-3-11-2/h6H,3-5,8H2,1-2H3. The summed E-state index contributed by atoms with van der Waals surface area (Å²) in [4.78, 5) is 10.8. The fourth-order valence-electron chi connectivity index (χ4n) is 0.572. The van der Waals surface area contributed by atoms with Crippen LogP contribution in [0.2, 0.25) is 0 Å². The Kier molecular flexibility index (Phi) is 7.85. The summed E-state index contributed by atoms with van der Waals surface area (Å²) >= 11 is 3.47. The van der Waals surface area contributed by atoms with Gasteiger partial charge in [-0.05, 0) is 6.26 Å². The molecule has 0 bridgehead atoms. The largest absolute Gasteiger partial charge is 0.468 e. The summed E-state index contributed by atoms with van der Waals surface area (Å²) in [6.45, 7) is 0. The first-order valence-electron chi connectivity index (χ1n) is 3.62. The van der Waals surface area contributed by atoms with E-state index >= 15 is 0 Å². The molecular weight excluding hydrogens is 194 g/mol. The van der Waals surface area contributed by atoms with E-state index in [1.165, 1.54) is 7.11 Å². The van der Waals surface area contributed by atoms with E-state index in [1.54, 1.807) is 23.5 Å². The zero-order valence-electron chi connectivity index (χ0n) is 7.41. The minimum Gasteiger partial charge on any atom is -0.468 e. The lowest BCUT2D eigenvalue weighted by atomic mass is 10.4. The molecule has 0 radical (unpaired) electrons. The average molecular weight is 209 g/mol. The van der Waals surface area contributed by atoms with Crippen molar-refractivity contribution in [3.05, 3.63) is 0 Å². The Balaban J connectivity index is 3.31. The molecule has 1 atom stereocenters. The van der Waals surface area contributed by atoms with Crippen molar-refractivity contribution in [3.8, 4) is 0 Å². The predicted molar refractivity (Wildman–Crippen MR) is 55.7 cm³/mol. The van der Waals surface area contributed by atoms with Gasteiger partial charge in [0.1, 0.15) is 6.04 Å². The Hall–Kier alpha value is 0.130. The Morgan fingerprint density at radius 1 is 1.58 bits per heavy atom. The molecule has 0 fully saturated rings. The molecule has 0 heterocycles. The number of hydrogen-bond acceptors (Lipinski definition) is 5. The van der Waals surface area contributed by atoms with E-state index in [1.807, 2.05) is 0 Å². The minimum atomic E-state index is -0.471. The molecule has 0 rings (SSSR count). The van der Waals surface area contributed by atoms with Crippen molar-refractivity contribution in [3.63, 3.8) is 0 Å². The number of thioether (sulfide) groups is 2. The maximum absolute atomic E-state index is 10.8. The monoisotopic (exact) mass is 209 g/mol. The zero-order valence-corrected chi connectivity index (χ0v) is 9.04. The predicted octanol–water partition coefficient (Wildman–Crippen LogP) is 0.583. The van der Waals surface area contributed by atoms with E-state index in [0.717, 1.165) is 11.5 Å². The number of carbonyl (C=O) groups is 1. The third-order valence-electron chi connectivity index (χ3n) is 1.23. The quantitative estimate of drug-likeness (QED) is 0.512. The van der Waals surface area contributed by atoms with Crippen molar-refractivity contribution in [2.45, 2.75) is 6.04 Å². The number of esters is 1. The minimum absolute atomic E-state index is 0.327. The summed E-state index contributed by atoms with van der Waals surface area (Å²) in [5.41, 5.74) is 5.51. The molecule has 0 aliphatic heterocycles. The number of hydrogen-bond donors (Lipinski definition) is 1. The summed E-state index contributed by atoms with van der Waals surface area (Å²) in [7, 11) is 1.36. The van der Waals surface area contributed by atoms with Crippen LogP contribution in [0.3, 0.4) is 0 Å². The molecule has 0 aliphatic carbocycles. The molecule has 0 saturated heterocycles. The number of ether oxygens (including phenoxy) is 1. The van der Waals surface area contributed by atoms with Gasteiger partial charge in [0.25, 0.3) is 0 Å². The number of rotatable bonds is 6. The molecule has 0 saturated carbocycles. The van der Waals surface area contributed by atoms with Crippen molar-refractivity contribution in [1.82, 2.24) is 0 Å². The van der Waals surface area contributed by atoms with Gasteiger partial charge in [0.15, 0.2) is 0 Å². The lowest BCUT2D eigenvalue weighted by Gasteiger charge is -2.07. The van der Waals surface area contributed by atoms with Gasteiger partial charge < -0.3 is 10.5 Å². The van der Waals surface area contributed by atoms with Gasteiger partial charge >= 0.3 is 5.97 Å². The van der Waals surface area contributed by atoms with Crippen LogP contribution in [-0.4, -0.2) is 42.6 Å². The van der Waals surface area contributed by atoms with Crippen LogP contribution in [0.4, 0.5) is 0 Å². The van der Waals surface area contributed by atoms with E-state index in [0.29, 0.717) is 5.75 Å². The van der Waals surface area contributed by atoms with Gasteiger partial charge in [-0.15, -0.1) is 0 Å². The summed E-state index contributed by atoms with van der Waals surface area (Å²) < 4.78 is 4.49. The second-order valence-corrected chi connectivity index (χ2v) is 4.33. The van der Waals surface area contributed by atoms with E-state index in [2.05, 4.69) is 11.0 Å². The SMILES string of the molecule is COC(=O)C(N)CSCCSC. The molecule has 2 N–H and O–H groups in total. The lowest BCUT2D eigenvalue weighted by Crippen LogP contribution is -2.34. The lowest BCUT2D eigenvalue weighted by molar-refractivity contribution is -0.141. The van der Waals surface area contributed by atoms with Crippen molar-refractivity contribution in [1.29, 1.82) is 0 Å². The van der Waals surface area contributed by atoms with Crippen LogP contribution in [0.1, 0.15) is 0 Å². The summed E-state index contributed by atoms with van der Waals surface area (Å²) in [6.07, 6.45) is 2.06. The smallest absolute Gasteiger partial charge is 0.323 e. The van der Waals surface area contributed by atoms with Gasteiger partial charge in [0.05, 0.1) is 7.11 Å². The molecule has 3 nitrogen and oxygen atoms in total. The summed E-state index contributed by atoms with van der Waals surface area (Å²) in [6, 6.07) is -0.471. The highest BCUT2D eigenvalue weighted by atomic mass is 32.2. The molecule has 0 aromatic heterocycles. The maximum Gasteiger partial charge on any atom is 0.323 e. The van der Waals surface area contributed by atoms with Gasteiger partial charge in [-0.1, -0.05) is 0 Å². The van der Waals surface area contributed by atoms with Crippen molar-refractivity contribution < 1.29 is 9.53 Å². The molecule has 0 amide bonds. The maximum atomic E-state index is 10.8. The van der Waals surface area contributed by atoms with Gasteiger partial charge in [-0.2, -0.15) is 23.5 Å². The van der Waals surface area contributed by atoms with E-state index in [-0.39, 0.29) is 5.97 Å². The molecular formula is C7H15NO2S2. The highest BCUT2D eigenvalue weighted by Gasteiger charge is 2.12. The van der Waals surface area contributed by atoms with Crippen LogP contribution >= 0.6 is 23.5 Å². The third-order valence-corrected chi connectivity index (χ3v) is 3.19. The fourth-order valence-corrected chi connectivity index (χ4v) is 2.27. The van der Waals surface area contributed by atoms with Crippen LogP contribution in [-0.2, 0) is 9.53 Å². The van der Waals surface area contributed by atoms with Gasteiger partial charge in [-0.25, -0.2) is 0 Å². The highest BCUT2D eigenvalue weighted by molar-refractivity contribution is 8.02. The van der Waals surface area contributed by atoms with Crippen LogP contribution in [0.5, 0.6) is 0 Å². The molecule has 0 spiro atoms. The Labute approximate surface area is 81.8 Å². The number of nitrogens with two attached hydrogens (primary N) is 1. The van der Waals surface area contributed by atoms with Crippen LogP contribution in [0.25, 0.3) is 0 Å². The van der Waals surface area contributed by atoms with Crippen molar-refractivity contribution in [2.24, 2.45) is 5.73 Å². The zero-order chi connectivity index (χ0) is 9.40. The van der Waals surface area contributed by atoms with Gasteiger partial charge in [0.2, 0.25) is 0 Å². The molecule has 5 heteroatoms. The Bertz CT molecular complexity index is 133. The first-order valence-corrected chi connectivity index (χ1v) is 6.17. The fraction of sp³-hybridized carbons (Fsp3) is 0.857. The highest BCUT2D eigenvalue weighted by Crippen LogP contribution is 2.05. The van der Waals surface area contributed by atoms with Crippen LogP contribution < -0.4 is 5.73 Å². The average Bonchev–Trinajstić information content (AvgIpc) is 2.10. The van der Waals surface area contributed by atoms with Gasteiger partial charge in [-0.3, -0.25) is 4.79 Å². The normalized spacial score (nSPS) is 12.6. The summed E-state index contributed by atoms with van der Waals surface area (Å²) in [5, 5.41) is 0. The Morgan fingerprint density at radius 2 is 2.25 bits per heavy atom. The topological polar surface area (TPSA) is 52.3 Å². The molecule has 0 aromatic rings. The number of methoxy groups -OCH3 is 1. The van der Waals surface area contributed by atoms with E-state index in [4.69, 9.17) is 5.73 Å². The third kappa shape index (κ3) is 5.74. The van der Waals surface area contributed by atoms with Crippen molar-refractivity contribution in [2.75, 3.05) is 30.6 Å². The van der Waals surface area contributed by atoms with Crippen molar-refractivity contribution >= 4 is 29.5 Å². The molecule has 72 valence electrons. The van der Waals surface area contributed by atoms with Gasteiger partial charge in [0, 0.05) is 17.3 Å². The first-order chi connectivity index (χ1) is 5.72. The summed E-state index contributed by atoms with van der Waals surface area (Å²) in [5.74, 6) is 2.45. The molecule has 1 unspecified atom stereocenters. The second kappa shape index (κ2) is 7.76. The second-order valence-electron chi connectivity index (χ2n) is 2.20. The first kappa shape index (κ1) is 12.1. The van der Waals surface area contributed by atoms with Crippen LogP contribution in [0.15, 0.2) is 0 Å². The van der Waals surface area contributed by atoms with Crippen LogP contribution in [0, 0.1) is 0 Å². The van der Waals surface area contributed by atoms with E-state index < -0.39 is 6.04 Å².